The molecule has 1 heterocycles. The predicted molar refractivity (Wildman–Crippen MR) is 83.7 cm³/mol. The van der Waals surface area contributed by atoms with Crippen molar-refractivity contribution in [2.24, 2.45) is 0 Å². The Bertz CT molecular complexity index is 780. The number of rotatable bonds is 2. The molecule has 4 heteroatoms. The number of nitrogens with zero attached hydrogens (tertiary/aromatic N) is 2. The first-order chi connectivity index (χ1) is 9.68. The van der Waals surface area contributed by atoms with Gasteiger partial charge in [0.15, 0.2) is 10.6 Å². The Morgan fingerprint density at radius 1 is 0.950 bits per heavy atom. The number of benzene rings is 2. The zero-order chi connectivity index (χ0) is 14.1. The van der Waals surface area contributed by atoms with E-state index in [1.54, 1.807) is 0 Å². The van der Waals surface area contributed by atoms with Gasteiger partial charge in [0.1, 0.15) is 0 Å². The molecule has 0 amide bonds. The smallest absolute Gasteiger partial charge is 0.200 e. The SMILES string of the molecule is Cc1cccc(C)c1-n1c(-c2ccccc2)n[nH]c1=S. The number of aryl methyl sites for hydroxylation is 2. The van der Waals surface area contributed by atoms with E-state index in [4.69, 9.17) is 12.2 Å². The number of aromatic nitrogens is 3. The maximum Gasteiger partial charge on any atom is 0.200 e. The number of H-pyrrole nitrogens is 1. The van der Waals surface area contributed by atoms with Crippen LogP contribution in [-0.2, 0) is 0 Å². The van der Waals surface area contributed by atoms with Crippen molar-refractivity contribution in [3.05, 3.63) is 64.4 Å². The molecular formula is C16H15N3S. The Balaban J connectivity index is 2.31. The lowest BCUT2D eigenvalue weighted by atomic mass is 10.1. The monoisotopic (exact) mass is 281 g/mol. The minimum Gasteiger partial charge on any atom is -0.268 e. The van der Waals surface area contributed by atoms with Crippen molar-refractivity contribution in [2.45, 2.75) is 13.8 Å². The van der Waals surface area contributed by atoms with E-state index in [-0.39, 0.29) is 0 Å². The third-order valence-electron chi connectivity index (χ3n) is 3.37. The fraction of sp³-hybridized carbons (Fsp3) is 0.125. The highest BCUT2D eigenvalue weighted by molar-refractivity contribution is 7.71. The molecule has 0 aliphatic carbocycles. The minimum atomic E-state index is 0.612. The standard InChI is InChI=1S/C16H15N3S/c1-11-7-6-8-12(2)14(11)19-15(17-18-16(19)20)13-9-4-3-5-10-13/h3-10H,1-2H3,(H,18,20). The summed E-state index contributed by atoms with van der Waals surface area (Å²) in [5, 5.41) is 7.29. The molecule has 0 unspecified atom stereocenters. The van der Waals surface area contributed by atoms with Gasteiger partial charge in [-0.2, -0.15) is 5.10 Å². The first-order valence-electron chi connectivity index (χ1n) is 6.48. The summed E-state index contributed by atoms with van der Waals surface area (Å²) in [5.74, 6) is 0.841. The van der Waals surface area contributed by atoms with Crippen molar-refractivity contribution in [3.8, 4) is 17.1 Å². The van der Waals surface area contributed by atoms with Gasteiger partial charge in [0.25, 0.3) is 0 Å². The van der Waals surface area contributed by atoms with Crippen molar-refractivity contribution >= 4 is 12.2 Å². The Morgan fingerprint density at radius 2 is 1.60 bits per heavy atom. The Morgan fingerprint density at radius 3 is 2.25 bits per heavy atom. The summed E-state index contributed by atoms with van der Waals surface area (Å²) in [6, 6.07) is 16.3. The van der Waals surface area contributed by atoms with Crippen LogP contribution in [0.5, 0.6) is 0 Å². The van der Waals surface area contributed by atoms with E-state index in [0.29, 0.717) is 4.77 Å². The lowest BCUT2D eigenvalue weighted by Gasteiger charge is -2.13. The highest BCUT2D eigenvalue weighted by atomic mass is 32.1. The van der Waals surface area contributed by atoms with Crippen LogP contribution in [0.15, 0.2) is 48.5 Å². The molecule has 0 aliphatic rings. The van der Waals surface area contributed by atoms with Crippen LogP contribution in [0, 0.1) is 18.6 Å². The average Bonchev–Trinajstić information content (AvgIpc) is 2.82. The van der Waals surface area contributed by atoms with Gasteiger partial charge in [-0.1, -0.05) is 48.5 Å². The molecule has 20 heavy (non-hydrogen) atoms. The Labute approximate surface area is 122 Å². The number of hydrogen-bond acceptors (Lipinski definition) is 2. The Hall–Kier alpha value is -2.20. The summed E-state index contributed by atoms with van der Waals surface area (Å²) in [7, 11) is 0. The average molecular weight is 281 g/mol. The summed E-state index contributed by atoms with van der Waals surface area (Å²) in [6.45, 7) is 4.18. The molecule has 0 fully saturated rings. The van der Waals surface area contributed by atoms with Gasteiger partial charge < -0.3 is 0 Å². The maximum absolute atomic E-state index is 5.42. The quantitative estimate of drug-likeness (QED) is 0.714. The molecule has 0 saturated heterocycles. The molecule has 0 aliphatic heterocycles. The second kappa shape index (κ2) is 5.06. The van der Waals surface area contributed by atoms with Crippen LogP contribution in [0.2, 0.25) is 0 Å². The molecule has 1 aromatic heterocycles. The van der Waals surface area contributed by atoms with E-state index in [9.17, 15) is 0 Å². The minimum absolute atomic E-state index is 0.612. The van der Waals surface area contributed by atoms with E-state index in [0.717, 1.165) is 17.1 Å². The molecule has 0 atom stereocenters. The van der Waals surface area contributed by atoms with Crippen LogP contribution in [0.25, 0.3) is 17.1 Å². The second-order valence-corrected chi connectivity index (χ2v) is 5.18. The summed E-state index contributed by atoms with van der Waals surface area (Å²) < 4.78 is 2.62. The molecule has 2 aromatic carbocycles. The van der Waals surface area contributed by atoms with Crippen molar-refractivity contribution in [2.75, 3.05) is 0 Å². The molecule has 3 aromatic rings. The van der Waals surface area contributed by atoms with Gasteiger partial charge in [-0.05, 0) is 37.2 Å². The van der Waals surface area contributed by atoms with Crippen LogP contribution >= 0.6 is 12.2 Å². The van der Waals surface area contributed by atoms with E-state index in [2.05, 4.69) is 42.2 Å². The van der Waals surface area contributed by atoms with Crippen LogP contribution in [0.3, 0.4) is 0 Å². The molecule has 100 valence electrons. The normalized spacial score (nSPS) is 10.7. The zero-order valence-corrected chi connectivity index (χ0v) is 12.2. The highest BCUT2D eigenvalue weighted by Crippen LogP contribution is 2.25. The number of para-hydroxylation sites is 1. The summed E-state index contributed by atoms with van der Waals surface area (Å²) in [4.78, 5) is 0. The van der Waals surface area contributed by atoms with E-state index in [1.165, 1.54) is 11.1 Å². The van der Waals surface area contributed by atoms with Gasteiger partial charge >= 0.3 is 0 Å². The van der Waals surface area contributed by atoms with E-state index >= 15 is 0 Å². The second-order valence-electron chi connectivity index (χ2n) is 4.79. The summed E-state index contributed by atoms with van der Waals surface area (Å²) in [6.07, 6.45) is 0. The highest BCUT2D eigenvalue weighted by Gasteiger charge is 2.13. The number of hydrogen-bond donors (Lipinski definition) is 1. The lowest BCUT2D eigenvalue weighted by molar-refractivity contribution is 1.01. The van der Waals surface area contributed by atoms with Gasteiger partial charge in [-0.15, -0.1) is 0 Å². The summed E-state index contributed by atoms with van der Waals surface area (Å²) >= 11 is 5.42. The van der Waals surface area contributed by atoms with Crippen LogP contribution in [0.1, 0.15) is 11.1 Å². The van der Waals surface area contributed by atoms with E-state index < -0.39 is 0 Å². The third kappa shape index (κ3) is 2.08. The topological polar surface area (TPSA) is 33.6 Å². The third-order valence-corrected chi connectivity index (χ3v) is 3.64. The lowest BCUT2D eigenvalue weighted by Crippen LogP contribution is -2.02. The molecule has 0 spiro atoms. The van der Waals surface area contributed by atoms with Gasteiger partial charge in [0.2, 0.25) is 0 Å². The molecule has 0 saturated carbocycles. The largest absolute Gasteiger partial charge is 0.268 e. The predicted octanol–water partition coefficient (Wildman–Crippen LogP) is 4.21. The Kier molecular flexibility index (Phi) is 3.24. The fourth-order valence-corrected chi connectivity index (χ4v) is 2.67. The van der Waals surface area contributed by atoms with Crippen LogP contribution in [-0.4, -0.2) is 14.8 Å². The van der Waals surface area contributed by atoms with Crippen molar-refractivity contribution in [1.82, 2.24) is 14.8 Å². The molecule has 3 rings (SSSR count). The van der Waals surface area contributed by atoms with Gasteiger partial charge in [-0.25, -0.2) is 0 Å². The van der Waals surface area contributed by atoms with Crippen LogP contribution in [0.4, 0.5) is 0 Å². The summed E-state index contributed by atoms with van der Waals surface area (Å²) in [5.41, 5.74) is 4.51. The van der Waals surface area contributed by atoms with Crippen molar-refractivity contribution in [3.63, 3.8) is 0 Å². The van der Waals surface area contributed by atoms with Crippen molar-refractivity contribution < 1.29 is 0 Å². The first kappa shape index (κ1) is 12.8. The van der Waals surface area contributed by atoms with Crippen molar-refractivity contribution in [1.29, 1.82) is 0 Å². The molecule has 3 nitrogen and oxygen atoms in total. The first-order valence-corrected chi connectivity index (χ1v) is 6.89. The molecule has 0 radical (unpaired) electrons. The number of aromatic amines is 1. The molecular weight excluding hydrogens is 266 g/mol. The van der Waals surface area contributed by atoms with Crippen LogP contribution < -0.4 is 0 Å². The maximum atomic E-state index is 5.42. The molecule has 1 N–H and O–H groups in total. The fourth-order valence-electron chi connectivity index (χ4n) is 2.44. The number of nitrogens with one attached hydrogen (secondary N) is 1. The van der Waals surface area contributed by atoms with Gasteiger partial charge in [0, 0.05) is 5.56 Å². The van der Waals surface area contributed by atoms with Gasteiger partial charge in [-0.3, -0.25) is 9.67 Å². The van der Waals surface area contributed by atoms with Gasteiger partial charge in [0.05, 0.1) is 5.69 Å². The van der Waals surface area contributed by atoms with E-state index in [1.807, 2.05) is 34.9 Å². The zero-order valence-electron chi connectivity index (χ0n) is 11.4. The molecule has 0 bridgehead atoms.